The van der Waals surface area contributed by atoms with E-state index in [2.05, 4.69) is 13.8 Å². The lowest BCUT2D eigenvalue weighted by Gasteiger charge is -2.29. The van der Waals surface area contributed by atoms with Crippen LogP contribution in [-0.4, -0.2) is 21.5 Å². The van der Waals surface area contributed by atoms with E-state index in [1.807, 2.05) is 11.9 Å². The summed E-state index contributed by atoms with van der Waals surface area (Å²) in [7, 11) is -1.82. The second-order valence-corrected chi connectivity index (χ2v) is 6.49. The van der Waals surface area contributed by atoms with Crippen molar-refractivity contribution in [3.63, 3.8) is 0 Å². The lowest BCUT2D eigenvalue weighted by Crippen LogP contribution is -2.30. The highest BCUT2D eigenvalue weighted by atomic mass is 32.2. The highest BCUT2D eigenvalue weighted by molar-refractivity contribution is 7.89. The first-order valence-electron chi connectivity index (χ1n) is 6.34. The van der Waals surface area contributed by atoms with Gasteiger partial charge in [0.1, 0.15) is 0 Å². The van der Waals surface area contributed by atoms with Gasteiger partial charge in [0.05, 0.1) is 4.90 Å². The van der Waals surface area contributed by atoms with E-state index in [0.717, 1.165) is 18.5 Å². The number of benzene rings is 1. The van der Waals surface area contributed by atoms with Crippen LogP contribution in [0.5, 0.6) is 0 Å². The van der Waals surface area contributed by atoms with Crippen molar-refractivity contribution in [2.45, 2.75) is 44.6 Å². The van der Waals surface area contributed by atoms with Gasteiger partial charge in [0.25, 0.3) is 0 Å². The predicted octanol–water partition coefficient (Wildman–Crippen LogP) is 1.85. The van der Waals surface area contributed by atoms with Crippen LogP contribution in [0.3, 0.4) is 0 Å². The molecule has 6 heteroatoms. The summed E-state index contributed by atoms with van der Waals surface area (Å²) < 4.78 is 23.2. The summed E-state index contributed by atoms with van der Waals surface area (Å²) in [5.41, 5.74) is 7.64. The summed E-state index contributed by atoms with van der Waals surface area (Å²) in [5, 5.41) is 5.23. The molecule has 1 aromatic rings. The van der Waals surface area contributed by atoms with Crippen molar-refractivity contribution in [1.82, 2.24) is 0 Å². The number of anilines is 2. The maximum Gasteiger partial charge on any atom is 0.238 e. The summed E-state index contributed by atoms with van der Waals surface area (Å²) >= 11 is 0. The Hall–Kier alpha value is -1.27. The van der Waals surface area contributed by atoms with Gasteiger partial charge < -0.3 is 10.6 Å². The number of primary sulfonamides is 1. The third-order valence-corrected chi connectivity index (χ3v) is 4.45. The summed E-state index contributed by atoms with van der Waals surface area (Å²) in [6.45, 7) is 5.97. The topological polar surface area (TPSA) is 89.4 Å². The molecule has 0 saturated heterocycles. The maximum absolute atomic E-state index is 11.6. The first kappa shape index (κ1) is 15.8. The van der Waals surface area contributed by atoms with Gasteiger partial charge in [-0.15, -0.1) is 0 Å². The van der Waals surface area contributed by atoms with Crippen LogP contribution in [0.2, 0.25) is 0 Å². The summed E-state index contributed by atoms with van der Waals surface area (Å²) in [6, 6.07) is 3.50. The Balaban J connectivity index is 3.33. The number of nitrogens with two attached hydrogens (primary N) is 2. The van der Waals surface area contributed by atoms with Crippen molar-refractivity contribution >= 4 is 21.4 Å². The standard InChI is InChI=1S/C13H23N3O2S/c1-5-6-9(2)16(4)12-7-11(14)8-13(10(12)3)19(15,17)18/h7-9H,5-6,14H2,1-4H3,(H2,15,17,18). The van der Waals surface area contributed by atoms with Gasteiger partial charge in [-0.2, -0.15) is 0 Å². The molecule has 0 radical (unpaired) electrons. The van der Waals surface area contributed by atoms with Crippen molar-refractivity contribution < 1.29 is 8.42 Å². The average molecular weight is 285 g/mol. The average Bonchev–Trinajstić information content (AvgIpc) is 2.29. The Bertz CT molecular complexity index is 555. The Morgan fingerprint density at radius 1 is 1.37 bits per heavy atom. The van der Waals surface area contributed by atoms with Crippen molar-refractivity contribution in [1.29, 1.82) is 0 Å². The molecule has 0 aliphatic rings. The second kappa shape index (κ2) is 5.79. The van der Waals surface area contributed by atoms with Crippen molar-refractivity contribution in [3.8, 4) is 0 Å². The van der Waals surface area contributed by atoms with Crippen LogP contribution in [0.4, 0.5) is 11.4 Å². The molecular formula is C13H23N3O2S. The molecule has 0 aliphatic heterocycles. The van der Waals surface area contributed by atoms with Gasteiger partial charge in [-0.1, -0.05) is 13.3 Å². The number of hydrogen-bond acceptors (Lipinski definition) is 4. The Labute approximate surface area is 115 Å². The van der Waals surface area contributed by atoms with Gasteiger partial charge in [0.15, 0.2) is 0 Å². The number of hydrogen-bond donors (Lipinski definition) is 2. The number of nitrogen functional groups attached to an aromatic ring is 1. The molecule has 0 heterocycles. The van der Waals surface area contributed by atoms with Crippen LogP contribution in [0.25, 0.3) is 0 Å². The molecule has 1 aromatic carbocycles. The number of nitrogens with zero attached hydrogens (tertiary/aromatic N) is 1. The molecule has 0 spiro atoms. The van der Waals surface area contributed by atoms with E-state index in [0.29, 0.717) is 17.3 Å². The van der Waals surface area contributed by atoms with Gasteiger partial charge in [0.2, 0.25) is 10.0 Å². The van der Waals surface area contributed by atoms with Crippen LogP contribution in [0, 0.1) is 6.92 Å². The molecule has 0 fully saturated rings. The van der Waals surface area contributed by atoms with Gasteiger partial charge >= 0.3 is 0 Å². The van der Waals surface area contributed by atoms with E-state index < -0.39 is 10.0 Å². The van der Waals surface area contributed by atoms with Crippen LogP contribution >= 0.6 is 0 Å². The van der Waals surface area contributed by atoms with Gasteiger partial charge in [-0.25, -0.2) is 13.6 Å². The normalized spacial score (nSPS) is 13.3. The summed E-state index contributed by atoms with van der Waals surface area (Å²) in [4.78, 5) is 2.14. The lowest BCUT2D eigenvalue weighted by atomic mass is 10.1. The number of sulfonamides is 1. The summed E-state index contributed by atoms with van der Waals surface area (Å²) in [6.07, 6.45) is 2.09. The van der Waals surface area contributed by atoms with Crippen molar-refractivity contribution in [3.05, 3.63) is 17.7 Å². The molecule has 0 aliphatic carbocycles. The molecule has 0 aromatic heterocycles. The SMILES string of the molecule is CCCC(C)N(C)c1cc(N)cc(S(N)(=O)=O)c1C. The minimum Gasteiger partial charge on any atom is -0.399 e. The molecule has 1 unspecified atom stereocenters. The molecule has 5 nitrogen and oxygen atoms in total. The molecule has 19 heavy (non-hydrogen) atoms. The van der Waals surface area contributed by atoms with Crippen LogP contribution in [-0.2, 0) is 10.0 Å². The molecule has 0 bridgehead atoms. The monoisotopic (exact) mass is 285 g/mol. The number of rotatable bonds is 5. The van der Waals surface area contributed by atoms with Crippen molar-refractivity contribution in [2.75, 3.05) is 17.7 Å². The van der Waals surface area contributed by atoms with Crippen LogP contribution in [0.15, 0.2) is 17.0 Å². The Morgan fingerprint density at radius 3 is 2.42 bits per heavy atom. The van der Waals surface area contributed by atoms with Crippen LogP contribution < -0.4 is 15.8 Å². The molecular weight excluding hydrogens is 262 g/mol. The van der Waals surface area contributed by atoms with E-state index in [1.54, 1.807) is 13.0 Å². The quantitative estimate of drug-likeness (QED) is 0.808. The highest BCUT2D eigenvalue weighted by Crippen LogP contribution is 2.30. The van der Waals surface area contributed by atoms with E-state index in [1.165, 1.54) is 6.07 Å². The highest BCUT2D eigenvalue weighted by Gasteiger charge is 2.19. The van der Waals surface area contributed by atoms with E-state index in [9.17, 15) is 8.42 Å². The zero-order chi connectivity index (χ0) is 14.8. The zero-order valence-electron chi connectivity index (χ0n) is 12.0. The largest absolute Gasteiger partial charge is 0.399 e. The van der Waals surface area contributed by atoms with Crippen molar-refractivity contribution in [2.24, 2.45) is 5.14 Å². The zero-order valence-corrected chi connectivity index (χ0v) is 12.8. The predicted molar refractivity (Wildman–Crippen MR) is 79.7 cm³/mol. The third kappa shape index (κ3) is 3.61. The fourth-order valence-corrected chi connectivity index (χ4v) is 3.04. The smallest absolute Gasteiger partial charge is 0.238 e. The van der Waals surface area contributed by atoms with E-state index in [-0.39, 0.29) is 4.90 Å². The first-order chi connectivity index (χ1) is 8.68. The third-order valence-electron chi connectivity index (χ3n) is 3.41. The van der Waals surface area contributed by atoms with Gasteiger partial charge in [0, 0.05) is 24.5 Å². The maximum atomic E-state index is 11.6. The summed E-state index contributed by atoms with van der Waals surface area (Å²) in [5.74, 6) is 0. The molecule has 0 saturated carbocycles. The van der Waals surface area contributed by atoms with E-state index >= 15 is 0 Å². The minimum absolute atomic E-state index is 0.0954. The fourth-order valence-electron chi connectivity index (χ4n) is 2.20. The second-order valence-electron chi connectivity index (χ2n) is 4.96. The Morgan fingerprint density at radius 2 is 1.95 bits per heavy atom. The fraction of sp³-hybridized carbons (Fsp3) is 0.538. The van der Waals surface area contributed by atoms with Crippen LogP contribution in [0.1, 0.15) is 32.3 Å². The lowest BCUT2D eigenvalue weighted by molar-refractivity contribution is 0.596. The van der Waals surface area contributed by atoms with Gasteiger partial charge in [-0.05, 0) is 38.0 Å². The molecule has 108 valence electrons. The first-order valence-corrected chi connectivity index (χ1v) is 7.88. The molecule has 4 N–H and O–H groups in total. The molecule has 1 rings (SSSR count). The van der Waals surface area contributed by atoms with E-state index in [4.69, 9.17) is 10.9 Å². The molecule has 1 atom stereocenters. The van der Waals surface area contributed by atoms with Gasteiger partial charge in [-0.3, -0.25) is 0 Å². The molecule has 0 amide bonds. The Kier molecular flexibility index (Phi) is 4.81. The minimum atomic E-state index is -3.76.